The van der Waals surface area contributed by atoms with Crippen LogP contribution in [0.15, 0.2) is 42.5 Å². The van der Waals surface area contributed by atoms with Gasteiger partial charge in [-0.15, -0.1) is 0 Å². The van der Waals surface area contributed by atoms with Crippen LogP contribution in [0.25, 0.3) is 6.08 Å². The molecule has 27 heavy (non-hydrogen) atoms. The van der Waals surface area contributed by atoms with Gasteiger partial charge in [0.2, 0.25) is 0 Å². The highest BCUT2D eigenvalue weighted by Gasteiger charge is 2.06. The van der Waals surface area contributed by atoms with Gasteiger partial charge in [-0.05, 0) is 36.8 Å². The topological polar surface area (TPSA) is 66.8 Å². The predicted octanol–water partition coefficient (Wildman–Crippen LogP) is 4.96. The van der Waals surface area contributed by atoms with E-state index in [-0.39, 0.29) is 12.1 Å². The molecule has 0 amide bonds. The smallest absolute Gasteiger partial charge is 0.305 e. The van der Waals surface area contributed by atoms with E-state index in [1.807, 2.05) is 42.5 Å². The summed E-state index contributed by atoms with van der Waals surface area (Å²) in [5.74, 6) is -0.206. The summed E-state index contributed by atoms with van der Waals surface area (Å²) in [5, 5.41) is 20.1. The van der Waals surface area contributed by atoms with Crippen molar-refractivity contribution in [2.24, 2.45) is 0 Å². The average Bonchev–Trinajstić information content (AvgIpc) is 2.69. The summed E-state index contributed by atoms with van der Waals surface area (Å²) < 4.78 is 4.58. The summed E-state index contributed by atoms with van der Waals surface area (Å²) in [5.41, 5.74) is 2.01. The van der Waals surface area contributed by atoms with E-state index >= 15 is 0 Å². The number of methoxy groups -OCH3 is 1. The first kappa shape index (κ1) is 23.1. The van der Waals surface area contributed by atoms with Gasteiger partial charge >= 0.3 is 5.97 Å². The molecule has 1 aromatic rings. The molecule has 0 aliphatic rings. The SMILES string of the molecule is CCCCCC(O)c1ccc(/C=C\C=C\C(O)CCCCC(=O)OC)cc1. The molecular weight excluding hydrogens is 340 g/mol. The number of esters is 1. The predicted molar refractivity (Wildman–Crippen MR) is 110 cm³/mol. The van der Waals surface area contributed by atoms with Crippen molar-refractivity contribution in [1.29, 1.82) is 0 Å². The number of aliphatic hydroxyl groups excluding tert-OH is 2. The van der Waals surface area contributed by atoms with Gasteiger partial charge in [-0.3, -0.25) is 4.79 Å². The van der Waals surface area contributed by atoms with E-state index in [9.17, 15) is 15.0 Å². The first-order valence-corrected chi connectivity index (χ1v) is 9.94. The largest absolute Gasteiger partial charge is 0.469 e. The third-order valence-electron chi connectivity index (χ3n) is 4.49. The van der Waals surface area contributed by atoms with Crippen LogP contribution in [0.5, 0.6) is 0 Å². The molecule has 150 valence electrons. The lowest BCUT2D eigenvalue weighted by Gasteiger charge is -2.10. The third kappa shape index (κ3) is 10.7. The van der Waals surface area contributed by atoms with Gasteiger partial charge in [-0.1, -0.05) is 74.8 Å². The van der Waals surface area contributed by atoms with Crippen LogP contribution >= 0.6 is 0 Å². The van der Waals surface area contributed by atoms with E-state index in [1.54, 1.807) is 6.08 Å². The average molecular weight is 375 g/mol. The van der Waals surface area contributed by atoms with Crippen molar-refractivity contribution >= 4 is 12.0 Å². The van der Waals surface area contributed by atoms with Crippen molar-refractivity contribution in [1.82, 2.24) is 0 Å². The number of hydrogen-bond donors (Lipinski definition) is 2. The van der Waals surface area contributed by atoms with Crippen LogP contribution in [0.1, 0.15) is 75.5 Å². The molecule has 0 aliphatic carbocycles. The minimum absolute atomic E-state index is 0.206. The third-order valence-corrected chi connectivity index (χ3v) is 4.49. The molecule has 0 radical (unpaired) electrons. The summed E-state index contributed by atoms with van der Waals surface area (Å²) in [6.07, 6.45) is 13.3. The first-order chi connectivity index (χ1) is 13.1. The molecular formula is C23H34O4. The van der Waals surface area contributed by atoms with Crippen molar-refractivity contribution in [3.63, 3.8) is 0 Å². The Bertz CT molecular complexity index is 575. The van der Waals surface area contributed by atoms with Gasteiger partial charge in [0.15, 0.2) is 0 Å². The van der Waals surface area contributed by atoms with E-state index in [2.05, 4.69) is 11.7 Å². The van der Waals surface area contributed by atoms with Gasteiger partial charge < -0.3 is 14.9 Å². The monoisotopic (exact) mass is 374 g/mol. The lowest BCUT2D eigenvalue weighted by atomic mass is 10.0. The number of ether oxygens (including phenoxy) is 1. The zero-order chi connectivity index (χ0) is 19.9. The molecule has 0 aliphatic heterocycles. The summed E-state index contributed by atoms with van der Waals surface area (Å²) in [6, 6.07) is 7.92. The molecule has 0 fully saturated rings. The Morgan fingerprint density at radius 3 is 2.41 bits per heavy atom. The number of allylic oxidation sites excluding steroid dienone is 2. The Kier molecular flexibility index (Phi) is 12.2. The molecule has 2 N–H and O–H groups in total. The summed E-state index contributed by atoms with van der Waals surface area (Å²) in [7, 11) is 1.38. The second-order valence-electron chi connectivity index (χ2n) is 6.81. The maximum Gasteiger partial charge on any atom is 0.305 e. The Morgan fingerprint density at radius 2 is 1.74 bits per heavy atom. The fraction of sp³-hybridized carbons (Fsp3) is 0.522. The van der Waals surface area contributed by atoms with Crippen molar-refractivity contribution in [2.75, 3.05) is 7.11 Å². The second-order valence-corrected chi connectivity index (χ2v) is 6.81. The van der Waals surface area contributed by atoms with Crippen LogP contribution in [-0.4, -0.2) is 29.4 Å². The molecule has 1 aromatic carbocycles. The Morgan fingerprint density at radius 1 is 1.04 bits per heavy atom. The maximum atomic E-state index is 11.0. The van der Waals surface area contributed by atoms with Gasteiger partial charge in [0.1, 0.15) is 0 Å². The molecule has 0 saturated heterocycles. The van der Waals surface area contributed by atoms with Crippen molar-refractivity contribution in [3.8, 4) is 0 Å². The zero-order valence-electron chi connectivity index (χ0n) is 16.6. The normalized spacial score (nSPS) is 13.9. The Hall–Kier alpha value is -1.91. The number of unbranched alkanes of at least 4 members (excludes halogenated alkanes) is 3. The molecule has 0 aromatic heterocycles. The molecule has 0 bridgehead atoms. The lowest BCUT2D eigenvalue weighted by Crippen LogP contribution is -2.03. The first-order valence-electron chi connectivity index (χ1n) is 9.94. The molecule has 0 saturated carbocycles. The molecule has 2 unspecified atom stereocenters. The molecule has 2 atom stereocenters. The standard InChI is InChI=1S/C23H34O4/c1-3-4-5-13-22(25)20-17-15-19(16-18-20)10-6-7-11-21(24)12-8-9-14-23(26)27-2/h6-7,10-11,15-18,21-22,24-25H,3-5,8-9,12-14H2,1-2H3/b10-6-,11-7+. The van der Waals surface area contributed by atoms with Gasteiger partial charge in [0, 0.05) is 6.42 Å². The molecule has 0 heterocycles. The number of carbonyl (C=O) groups is 1. The van der Waals surface area contributed by atoms with E-state index < -0.39 is 6.10 Å². The van der Waals surface area contributed by atoms with Gasteiger partial charge in [-0.2, -0.15) is 0 Å². The van der Waals surface area contributed by atoms with Crippen molar-refractivity contribution < 1.29 is 19.7 Å². The van der Waals surface area contributed by atoms with Crippen LogP contribution in [0.4, 0.5) is 0 Å². The van der Waals surface area contributed by atoms with Crippen LogP contribution in [-0.2, 0) is 9.53 Å². The highest BCUT2D eigenvalue weighted by molar-refractivity contribution is 5.68. The fourth-order valence-electron chi connectivity index (χ4n) is 2.76. The molecule has 4 nitrogen and oxygen atoms in total. The second kappa shape index (κ2) is 14.2. The van der Waals surface area contributed by atoms with E-state index in [4.69, 9.17) is 0 Å². The lowest BCUT2D eigenvalue weighted by molar-refractivity contribution is -0.140. The van der Waals surface area contributed by atoms with Gasteiger partial charge in [0.25, 0.3) is 0 Å². The Labute approximate surface area is 163 Å². The Balaban J connectivity index is 2.33. The maximum absolute atomic E-state index is 11.0. The molecule has 4 heteroatoms. The minimum atomic E-state index is -0.507. The van der Waals surface area contributed by atoms with Gasteiger partial charge in [0.05, 0.1) is 19.3 Å². The van der Waals surface area contributed by atoms with Crippen molar-refractivity contribution in [2.45, 2.75) is 70.5 Å². The van der Waals surface area contributed by atoms with Gasteiger partial charge in [-0.25, -0.2) is 0 Å². The summed E-state index contributed by atoms with van der Waals surface area (Å²) in [6.45, 7) is 2.16. The highest BCUT2D eigenvalue weighted by Crippen LogP contribution is 2.20. The highest BCUT2D eigenvalue weighted by atomic mass is 16.5. The van der Waals surface area contributed by atoms with E-state index in [1.165, 1.54) is 7.11 Å². The van der Waals surface area contributed by atoms with Crippen LogP contribution in [0.3, 0.4) is 0 Å². The van der Waals surface area contributed by atoms with Crippen molar-refractivity contribution in [3.05, 3.63) is 53.6 Å². The van der Waals surface area contributed by atoms with E-state index in [0.29, 0.717) is 12.8 Å². The fourth-order valence-corrected chi connectivity index (χ4v) is 2.76. The summed E-state index contributed by atoms with van der Waals surface area (Å²) in [4.78, 5) is 11.0. The molecule has 1 rings (SSSR count). The zero-order valence-corrected chi connectivity index (χ0v) is 16.6. The number of rotatable bonds is 13. The van der Waals surface area contributed by atoms with Crippen LogP contribution < -0.4 is 0 Å². The number of aliphatic hydroxyl groups is 2. The van der Waals surface area contributed by atoms with Crippen LogP contribution in [0.2, 0.25) is 0 Å². The van der Waals surface area contributed by atoms with E-state index in [0.717, 1.165) is 49.7 Å². The minimum Gasteiger partial charge on any atom is -0.469 e. The van der Waals surface area contributed by atoms with Crippen LogP contribution in [0, 0.1) is 0 Å². The molecule has 0 spiro atoms. The number of carbonyl (C=O) groups excluding carboxylic acids is 1. The number of benzene rings is 1. The number of hydrogen-bond acceptors (Lipinski definition) is 4. The summed E-state index contributed by atoms with van der Waals surface area (Å²) >= 11 is 0. The quantitative estimate of drug-likeness (QED) is 0.291.